The van der Waals surface area contributed by atoms with Crippen LogP contribution in [0.25, 0.3) is 0 Å². The number of hydrogen-bond acceptors (Lipinski definition) is 3. The highest BCUT2D eigenvalue weighted by atomic mass is 16.5. The third-order valence-corrected chi connectivity index (χ3v) is 3.64. The lowest BCUT2D eigenvalue weighted by Gasteiger charge is -2.30. The summed E-state index contributed by atoms with van der Waals surface area (Å²) in [6.45, 7) is 5.38. The molecule has 0 saturated carbocycles. The van der Waals surface area contributed by atoms with Gasteiger partial charge >= 0.3 is 0 Å². The molecule has 1 fully saturated rings. The Balaban J connectivity index is 1.93. The number of nitrogens with zero attached hydrogens (tertiary/aromatic N) is 1. The molecular formula is C16H23NO3. The van der Waals surface area contributed by atoms with Gasteiger partial charge in [-0.3, -0.25) is 4.79 Å². The fourth-order valence-electron chi connectivity index (χ4n) is 2.50. The van der Waals surface area contributed by atoms with Gasteiger partial charge < -0.3 is 14.7 Å². The van der Waals surface area contributed by atoms with Crippen LogP contribution in [-0.4, -0.2) is 41.7 Å². The van der Waals surface area contributed by atoms with E-state index in [1.165, 1.54) is 0 Å². The van der Waals surface area contributed by atoms with E-state index in [1.807, 2.05) is 24.3 Å². The molecule has 1 aliphatic heterocycles. The lowest BCUT2D eigenvalue weighted by molar-refractivity contribution is -0.136. The molecule has 110 valence electrons. The number of para-hydroxylation sites is 1. The number of benzene rings is 1. The highest BCUT2D eigenvalue weighted by Gasteiger charge is 2.22. The van der Waals surface area contributed by atoms with Gasteiger partial charge in [-0.25, -0.2) is 0 Å². The summed E-state index contributed by atoms with van der Waals surface area (Å²) in [7, 11) is 0. The third kappa shape index (κ3) is 3.73. The van der Waals surface area contributed by atoms with Gasteiger partial charge in [0.05, 0.1) is 6.10 Å². The van der Waals surface area contributed by atoms with Gasteiger partial charge in [-0.05, 0) is 30.4 Å². The second-order valence-electron chi connectivity index (χ2n) is 5.62. The second kappa shape index (κ2) is 6.75. The Morgan fingerprint density at radius 1 is 1.45 bits per heavy atom. The van der Waals surface area contributed by atoms with E-state index in [4.69, 9.17) is 4.74 Å². The summed E-state index contributed by atoms with van der Waals surface area (Å²) < 4.78 is 5.68. The lowest BCUT2D eigenvalue weighted by atomic mass is 10.0. The van der Waals surface area contributed by atoms with Gasteiger partial charge in [0, 0.05) is 13.1 Å². The molecule has 1 aromatic carbocycles. The normalized spacial score (nSPS) is 19.2. The van der Waals surface area contributed by atoms with Crippen molar-refractivity contribution in [1.82, 2.24) is 4.90 Å². The van der Waals surface area contributed by atoms with Crippen molar-refractivity contribution in [3.63, 3.8) is 0 Å². The number of amides is 1. The first-order valence-electron chi connectivity index (χ1n) is 7.25. The number of rotatable bonds is 4. The average Bonchev–Trinajstić information content (AvgIpc) is 2.45. The molecule has 1 amide bonds. The van der Waals surface area contributed by atoms with Gasteiger partial charge in [-0.2, -0.15) is 0 Å². The van der Waals surface area contributed by atoms with Crippen LogP contribution in [0.5, 0.6) is 5.75 Å². The Bertz CT molecular complexity index is 459. The molecule has 0 aromatic heterocycles. The SMILES string of the molecule is CC(C)c1ccccc1OCC(=O)N1CCC[C@H](O)C1. The van der Waals surface area contributed by atoms with Crippen molar-refractivity contribution >= 4 is 5.91 Å². The molecule has 0 spiro atoms. The maximum absolute atomic E-state index is 12.1. The van der Waals surface area contributed by atoms with Crippen LogP contribution < -0.4 is 4.74 Å². The summed E-state index contributed by atoms with van der Waals surface area (Å²) in [5.41, 5.74) is 1.11. The van der Waals surface area contributed by atoms with Gasteiger partial charge in [0.2, 0.25) is 0 Å². The minimum atomic E-state index is -0.393. The summed E-state index contributed by atoms with van der Waals surface area (Å²) >= 11 is 0. The Morgan fingerprint density at radius 3 is 2.90 bits per heavy atom. The van der Waals surface area contributed by atoms with Gasteiger partial charge in [-0.1, -0.05) is 32.0 Å². The molecule has 1 atom stereocenters. The summed E-state index contributed by atoms with van der Waals surface area (Å²) in [6, 6.07) is 7.81. The zero-order valence-electron chi connectivity index (χ0n) is 12.2. The van der Waals surface area contributed by atoms with E-state index in [9.17, 15) is 9.90 Å². The molecule has 0 bridgehead atoms. The first-order chi connectivity index (χ1) is 9.58. The van der Waals surface area contributed by atoms with Gasteiger partial charge in [-0.15, -0.1) is 0 Å². The number of carbonyl (C=O) groups is 1. The van der Waals surface area contributed by atoms with E-state index in [1.54, 1.807) is 4.90 Å². The number of β-amino-alcohol motifs (C(OH)–C–C–N with tert-alkyl or cyclic N) is 1. The molecule has 2 rings (SSSR count). The van der Waals surface area contributed by atoms with E-state index < -0.39 is 6.10 Å². The van der Waals surface area contributed by atoms with Crippen LogP contribution in [0.4, 0.5) is 0 Å². The van der Waals surface area contributed by atoms with Crippen molar-refractivity contribution in [3.8, 4) is 5.75 Å². The lowest BCUT2D eigenvalue weighted by Crippen LogP contribution is -2.44. The Hall–Kier alpha value is -1.55. The highest BCUT2D eigenvalue weighted by Crippen LogP contribution is 2.25. The largest absolute Gasteiger partial charge is 0.483 e. The monoisotopic (exact) mass is 277 g/mol. The van der Waals surface area contributed by atoms with Crippen LogP contribution in [0.3, 0.4) is 0 Å². The summed E-state index contributed by atoms with van der Waals surface area (Å²) in [4.78, 5) is 13.8. The van der Waals surface area contributed by atoms with Crippen molar-refractivity contribution in [2.24, 2.45) is 0 Å². The van der Waals surface area contributed by atoms with Crippen molar-refractivity contribution in [2.75, 3.05) is 19.7 Å². The fraction of sp³-hybridized carbons (Fsp3) is 0.562. The number of ether oxygens (including phenoxy) is 1. The van der Waals surface area contributed by atoms with Crippen molar-refractivity contribution in [1.29, 1.82) is 0 Å². The molecule has 0 aliphatic carbocycles. The average molecular weight is 277 g/mol. The Kier molecular flexibility index (Phi) is 5.01. The molecule has 0 unspecified atom stereocenters. The number of hydrogen-bond donors (Lipinski definition) is 1. The van der Waals surface area contributed by atoms with E-state index in [-0.39, 0.29) is 12.5 Å². The van der Waals surface area contributed by atoms with Crippen molar-refractivity contribution in [2.45, 2.75) is 38.7 Å². The highest BCUT2D eigenvalue weighted by molar-refractivity contribution is 5.78. The minimum Gasteiger partial charge on any atom is -0.483 e. The van der Waals surface area contributed by atoms with Gasteiger partial charge in [0.15, 0.2) is 6.61 Å². The van der Waals surface area contributed by atoms with Crippen LogP contribution in [0, 0.1) is 0 Å². The molecule has 4 nitrogen and oxygen atoms in total. The fourth-order valence-corrected chi connectivity index (χ4v) is 2.50. The quantitative estimate of drug-likeness (QED) is 0.917. The van der Waals surface area contributed by atoms with Crippen LogP contribution in [-0.2, 0) is 4.79 Å². The summed E-state index contributed by atoms with van der Waals surface area (Å²) in [5, 5.41) is 9.60. The predicted octanol–water partition coefficient (Wildman–Crippen LogP) is 2.17. The Morgan fingerprint density at radius 2 is 2.20 bits per heavy atom. The standard InChI is InChI=1S/C16H23NO3/c1-12(2)14-7-3-4-8-15(14)20-11-16(19)17-9-5-6-13(18)10-17/h3-4,7-8,12-13,18H,5-6,9-11H2,1-2H3/t13-/m0/s1. The molecule has 20 heavy (non-hydrogen) atoms. The molecule has 1 saturated heterocycles. The zero-order chi connectivity index (χ0) is 14.5. The number of aliphatic hydroxyl groups excluding tert-OH is 1. The number of piperidine rings is 1. The molecule has 1 aromatic rings. The molecule has 4 heteroatoms. The smallest absolute Gasteiger partial charge is 0.260 e. The number of aliphatic hydroxyl groups is 1. The zero-order valence-corrected chi connectivity index (χ0v) is 12.2. The minimum absolute atomic E-state index is 0.0381. The maximum atomic E-state index is 12.1. The first-order valence-corrected chi connectivity index (χ1v) is 7.25. The van der Waals surface area contributed by atoms with Crippen LogP contribution >= 0.6 is 0 Å². The summed E-state index contributed by atoms with van der Waals surface area (Å²) in [6.07, 6.45) is 1.24. The second-order valence-corrected chi connectivity index (χ2v) is 5.62. The first kappa shape index (κ1) is 14.9. The predicted molar refractivity (Wildman–Crippen MR) is 77.8 cm³/mol. The molecular weight excluding hydrogens is 254 g/mol. The topological polar surface area (TPSA) is 49.8 Å². The third-order valence-electron chi connectivity index (χ3n) is 3.64. The molecule has 1 heterocycles. The van der Waals surface area contributed by atoms with E-state index in [0.29, 0.717) is 19.0 Å². The van der Waals surface area contributed by atoms with Gasteiger partial charge in [0.25, 0.3) is 5.91 Å². The number of carbonyl (C=O) groups excluding carboxylic acids is 1. The van der Waals surface area contributed by atoms with Crippen LogP contribution in [0.2, 0.25) is 0 Å². The van der Waals surface area contributed by atoms with Crippen molar-refractivity contribution < 1.29 is 14.6 Å². The molecule has 1 aliphatic rings. The van der Waals surface area contributed by atoms with E-state index in [2.05, 4.69) is 13.8 Å². The summed E-state index contributed by atoms with van der Waals surface area (Å²) in [5.74, 6) is 1.08. The Labute approximate surface area is 120 Å². The maximum Gasteiger partial charge on any atom is 0.260 e. The van der Waals surface area contributed by atoms with E-state index in [0.717, 1.165) is 24.2 Å². The van der Waals surface area contributed by atoms with Crippen molar-refractivity contribution in [3.05, 3.63) is 29.8 Å². The number of likely N-dealkylation sites (tertiary alicyclic amines) is 1. The van der Waals surface area contributed by atoms with E-state index >= 15 is 0 Å². The van der Waals surface area contributed by atoms with Crippen LogP contribution in [0.15, 0.2) is 24.3 Å². The van der Waals surface area contributed by atoms with Crippen LogP contribution in [0.1, 0.15) is 38.2 Å². The molecule has 1 N–H and O–H groups in total. The molecule has 0 radical (unpaired) electrons. The van der Waals surface area contributed by atoms with Gasteiger partial charge in [0.1, 0.15) is 5.75 Å².